The molecule has 214 valence electrons. The Balaban J connectivity index is 1.67. The first-order valence-electron chi connectivity index (χ1n) is 12.9. The minimum atomic E-state index is -1.06. The highest BCUT2D eigenvalue weighted by atomic mass is 19.1. The maximum absolute atomic E-state index is 15.8. The maximum atomic E-state index is 15.8. The molecule has 1 saturated heterocycles. The fourth-order valence-electron chi connectivity index (χ4n) is 5.11. The zero-order chi connectivity index (χ0) is 29.3. The number of H-pyrrole nitrogens is 1. The Morgan fingerprint density at radius 3 is 2.37 bits per heavy atom. The van der Waals surface area contributed by atoms with Crippen LogP contribution in [-0.2, 0) is 0 Å². The molecular formula is C28H28F2N6O5. The first kappa shape index (κ1) is 27.8. The second-order valence-corrected chi connectivity index (χ2v) is 9.42. The number of likely N-dealkylation sites (N-methyl/N-ethyl adjacent to an activating group) is 1. The third kappa shape index (κ3) is 4.99. The number of nitrogens with zero attached hydrogens (tertiary/aromatic N) is 4. The predicted molar refractivity (Wildman–Crippen MR) is 151 cm³/mol. The van der Waals surface area contributed by atoms with Gasteiger partial charge in [-0.3, -0.25) is 14.9 Å². The molecule has 41 heavy (non-hydrogen) atoms. The first-order valence-corrected chi connectivity index (χ1v) is 12.9. The van der Waals surface area contributed by atoms with E-state index in [1.54, 1.807) is 6.07 Å². The lowest BCUT2D eigenvalue weighted by Crippen LogP contribution is -2.46. The molecule has 3 heterocycles. The Hall–Kier alpha value is -4.78. The van der Waals surface area contributed by atoms with Gasteiger partial charge in [0.25, 0.3) is 5.69 Å². The van der Waals surface area contributed by atoms with E-state index >= 15 is 8.78 Å². The van der Waals surface area contributed by atoms with E-state index in [2.05, 4.69) is 32.0 Å². The number of anilines is 3. The summed E-state index contributed by atoms with van der Waals surface area (Å²) in [5.41, 5.74) is 0.219. The van der Waals surface area contributed by atoms with Gasteiger partial charge < -0.3 is 29.6 Å². The number of hydrogen-bond donors (Lipinski definition) is 2. The van der Waals surface area contributed by atoms with Crippen LogP contribution in [0.3, 0.4) is 0 Å². The molecule has 0 unspecified atom stereocenters. The molecule has 0 spiro atoms. The van der Waals surface area contributed by atoms with Crippen molar-refractivity contribution in [3.05, 3.63) is 64.0 Å². The number of nitrogens with one attached hydrogen (secondary N) is 2. The van der Waals surface area contributed by atoms with Gasteiger partial charge in [-0.1, -0.05) is 6.92 Å². The van der Waals surface area contributed by atoms with E-state index in [0.29, 0.717) is 17.5 Å². The van der Waals surface area contributed by atoms with Gasteiger partial charge >= 0.3 is 0 Å². The van der Waals surface area contributed by atoms with Crippen LogP contribution < -0.4 is 19.7 Å². The number of methoxy groups -OCH3 is 2. The van der Waals surface area contributed by atoms with E-state index in [-0.39, 0.29) is 45.2 Å². The normalized spacial score (nSPS) is 13.8. The SMILES string of the molecule is CCN1CCN(c2ccc(Nc3ncc4[nH]cc(C=O)c4c3-c3c(F)c(OC)cc(OC)c3F)c([N+](=O)[O-])c2)CC1. The van der Waals surface area contributed by atoms with Crippen molar-refractivity contribution < 1.29 is 28.0 Å². The van der Waals surface area contributed by atoms with Gasteiger partial charge in [-0.2, -0.15) is 0 Å². The quantitative estimate of drug-likeness (QED) is 0.161. The van der Waals surface area contributed by atoms with Crippen LogP contribution in [0.2, 0.25) is 0 Å². The van der Waals surface area contributed by atoms with E-state index in [1.165, 1.54) is 38.7 Å². The molecule has 0 atom stereocenters. The lowest BCUT2D eigenvalue weighted by atomic mass is 9.98. The van der Waals surface area contributed by atoms with E-state index in [4.69, 9.17) is 9.47 Å². The number of pyridine rings is 1. The fraction of sp³-hybridized carbons (Fsp3) is 0.286. The van der Waals surface area contributed by atoms with Crippen molar-refractivity contribution in [3.8, 4) is 22.6 Å². The van der Waals surface area contributed by atoms with E-state index < -0.39 is 22.1 Å². The molecule has 0 radical (unpaired) electrons. The summed E-state index contributed by atoms with van der Waals surface area (Å²) in [5.74, 6) is -2.83. The second kappa shape index (κ2) is 11.4. The Morgan fingerprint density at radius 2 is 1.78 bits per heavy atom. The van der Waals surface area contributed by atoms with Gasteiger partial charge in [-0.15, -0.1) is 0 Å². The molecule has 4 aromatic rings. The number of piperazine rings is 1. The Morgan fingerprint density at radius 1 is 1.10 bits per heavy atom. The summed E-state index contributed by atoms with van der Waals surface area (Å²) in [6, 6.07) is 5.81. The highest BCUT2D eigenvalue weighted by molar-refractivity contribution is 6.09. The number of hydrogen-bond acceptors (Lipinski definition) is 9. The summed E-state index contributed by atoms with van der Waals surface area (Å²) < 4.78 is 41.7. The van der Waals surface area contributed by atoms with Crippen molar-refractivity contribution in [2.75, 3.05) is 57.2 Å². The summed E-state index contributed by atoms with van der Waals surface area (Å²) in [4.78, 5) is 35.1. The number of nitro groups is 1. The monoisotopic (exact) mass is 566 g/mol. The predicted octanol–water partition coefficient (Wildman–Crippen LogP) is 5.13. The summed E-state index contributed by atoms with van der Waals surface area (Å²) >= 11 is 0. The van der Waals surface area contributed by atoms with Gasteiger partial charge in [0, 0.05) is 66.7 Å². The van der Waals surface area contributed by atoms with Crippen molar-refractivity contribution >= 4 is 40.1 Å². The molecule has 1 aliphatic heterocycles. The van der Waals surface area contributed by atoms with Crippen molar-refractivity contribution in [2.45, 2.75) is 6.92 Å². The zero-order valence-electron chi connectivity index (χ0n) is 22.7. The number of carbonyl (C=O) groups is 1. The third-order valence-corrected chi connectivity index (χ3v) is 7.32. The highest BCUT2D eigenvalue weighted by Gasteiger charge is 2.29. The Kier molecular flexibility index (Phi) is 7.70. The molecule has 1 fully saturated rings. The molecule has 1 aliphatic rings. The molecule has 0 aliphatic carbocycles. The molecule has 0 bridgehead atoms. The number of halogens is 2. The smallest absolute Gasteiger partial charge is 0.294 e. The number of carbonyl (C=O) groups excluding carboxylic acids is 1. The summed E-state index contributed by atoms with van der Waals surface area (Å²) in [6.07, 6.45) is 3.29. The second-order valence-electron chi connectivity index (χ2n) is 9.42. The van der Waals surface area contributed by atoms with Crippen LogP contribution in [0, 0.1) is 21.7 Å². The van der Waals surface area contributed by atoms with E-state index in [0.717, 1.165) is 38.8 Å². The number of aromatic amines is 1. The van der Waals surface area contributed by atoms with Crippen LogP contribution in [0.25, 0.3) is 22.0 Å². The van der Waals surface area contributed by atoms with Gasteiger partial charge in [0.15, 0.2) is 29.4 Å². The lowest BCUT2D eigenvalue weighted by molar-refractivity contribution is -0.383. The fourth-order valence-corrected chi connectivity index (χ4v) is 5.11. The van der Waals surface area contributed by atoms with Gasteiger partial charge in [-0.05, 0) is 18.7 Å². The molecule has 11 nitrogen and oxygen atoms in total. The topological polar surface area (TPSA) is 126 Å². The number of aldehydes is 1. The van der Waals surface area contributed by atoms with Gasteiger partial charge in [0.2, 0.25) is 0 Å². The number of ether oxygens (including phenoxy) is 2. The lowest BCUT2D eigenvalue weighted by Gasteiger charge is -2.35. The van der Waals surface area contributed by atoms with Crippen molar-refractivity contribution in [1.82, 2.24) is 14.9 Å². The molecule has 2 N–H and O–H groups in total. The highest BCUT2D eigenvalue weighted by Crippen LogP contribution is 2.45. The molecule has 2 aromatic heterocycles. The molecule has 5 rings (SSSR count). The van der Waals surface area contributed by atoms with Gasteiger partial charge in [-0.25, -0.2) is 13.8 Å². The average Bonchev–Trinajstić information content (AvgIpc) is 3.41. The number of fused-ring (bicyclic) bond motifs is 1. The number of rotatable bonds is 9. The van der Waals surface area contributed by atoms with Crippen LogP contribution in [0.5, 0.6) is 11.5 Å². The third-order valence-electron chi connectivity index (χ3n) is 7.32. The minimum absolute atomic E-state index is 0.0536. The summed E-state index contributed by atoms with van der Waals surface area (Å²) in [5, 5.41) is 15.2. The largest absolute Gasteiger partial charge is 0.494 e. The zero-order valence-corrected chi connectivity index (χ0v) is 22.7. The number of nitro benzene ring substituents is 1. The Bertz CT molecular complexity index is 1610. The molecule has 0 saturated carbocycles. The molecular weight excluding hydrogens is 538 g/mol. The standard InChI is InChI=1S/C28H28F2N6O5/c1-4-34-7-9-35(10-8-34)17-5-6-18(20(11-17)36(38)39)33-28-24(23-16(15-37)13-31-19(23)14-32-28)25-26(29)21(40-2)12-22(41-3)27(25)30/h5-6,11-15,31H,4,7-10H2,1-3H3,(H,32,33). The number of aromatic nitrogens is 2. The minimum Gasteiger partial charge on any atom is -0.494 e. The van der Waals surface area contributed by atoms with Crippen LogP contribution >= 0.6 is 0 Å². The Labute approximate surface area is 233 Å². The van der Waals surface area contributed by atoms with Gasteiger partial charge in [0.1, 0.15) is 11.5 Å². The molecule has 0 amide bonds. The first-order chi connectivity index (χ1) is 19.8. The average molecular weight is 567 g/mol. The van der Waals surface area contributed by atoms with Crippen LogP contribution in [0.15, 0.2) is 36.7 Å². The summed E-state index contributed by atoms with van der Waals surface area (Å²) in [7, 11) is 2.44. The van der Waals surface area contributed by atoms with Crippen LogP contribution in [0.1, 0.15) is 17.3 Å². The van der Waals surface area contributed by atoms with Crippen molar-refractivity contribution in [1.29, 1.82) is 0 Å². The molecule has 13 heteroatoms. The van der Waals surface area contributed by atoms with E-state index in [1.807, 2.05) is 0 Å². The van der Waals surface area contributed by atoms with E-state index in [9.17, 15) is 14.9 Å². The van der Waals surface area contributed by atoms with Crippen molar-refractivity contribution in [2.24, 2.45) is 0 Å². The molecule has 2 aromatic carbocycles. The van der Waals surface area contributed by atoms with Crippen LogP contribution in [0.4, 0.5) is 31.7 Å². The van der Waals surface area contributed by atoms with Gasteiger partial charge in [0.05, 0.1) is 36.4 Å². The van der Waals surface area contributed by atoms with Crippen LogP contribution in [-0.4, -0.2) is 73.0 Å². The number of benzene rings is 2. The van der Waals surface area contributed by atoms with Crippen molar-refractivity contribution in [3.63, 3.8) is 0 Å². The maximum Gasteiger partial charge on any atom is 0.294 e. The summed E-state index contributed by atoms with van der Waals surface area (Å²) in [6.45, 7) is 6.15.